The number of anilines is 1. The zero-order valence-electron chi connectivity index (χ0n) is 18.8. The Kier molecular flexibility index (Phi) is 7.34. The molecule has 18 heteroatoms. The summed E-state index contributed by atoms with van der Waals surface area (Å²) < 4.78 is 35.6. The lowest BCUT2D eigenvalue weighted by atomic mass is 9.74. The molecule has 0 radical (unpaired) electrons. The van der Waals surface area contributed by atoms with Crippen LogP contribution in [0.1, 0.15) is 44.7 Å². The van der Waals surface area contributed by atoms with E-state index in [1.54, 1.807) is 0 Å². The van der Waals surface area contributed by atoms with Gasteiger partial charge in [-0.1, -0.05) is 28.1 Å². The van der Waals surface area contributed by atoms with Crippen LogP contribution >= 0.6 is 22.9 Å². The first-order chi connectivity index (χ1) is 16.5. The van der Waals surface area contributed by atoms with Gasteiger partial charge >= 0.3 is 10.4 Å². The largest absolute Gasteiger partial charge is 0.503 e. The van der Waals surface area contributed by atoms with Crippen LogP contribution in [0.2, 0.25) is 4.34 Å². The van der Waals surface area contributed by atoms with Gasteiger partial charge in [-0.3, -0.25) is 18.9 Å². The van der Waals surface area contributed by atoms with Crippen molar-refractivity contribution in [3.05, 3.63) is 38.2 Å². The molecule has 1 saturated heterocycles. The summed E-state index contributed by atoms with van der Waals surface area (Å²) in [4.78, 5) is 46.6. The molecule has 1 unspecified atom stereocenters. The number of thiazole rings is 1. The van der Waals surface area contributed by atoms with Crippen molar-refractivity contribution in [3.8, 4) is 5.75 Å². The summed E-state index contributed by atoms with van der Waals surface area (Å²) in [5.74, 6) is -3.47. The van der Waals surface area contributed by atoms with Gasteiger partial charge < -0.3 is 20.9 Å². The summed E-state index contributed by atoms with van der Waals surface area (Å²) in [6, 6.07) is 0.893. The van der Waals surface area contributed by atoms with Gasteiger partial charge in [0.2, 0.25) is 5.43 Å². The van der Waals surface area contributed by atoms with Crippen molar-refractivity contribution < 1.29 is 42.0 Å². The first-order valence-corrected chi connectivity index (χ1v) is 12.4. The van der Waals surface area contributed by atoms with Crippen LogP contribution in [0.3, 0.4) is 0 Å². The Morgan fingerprint density at radius 2 is 2.06 bits per heavy atom. The molecule has 3 heterocycles. The van der Waals surface area contributed by atoms with Crippen molar-refractivity contribution in [2.45, 2.75) is 38.8 Å². The minimum absolute atomic E-state index is 0.000872. The molecule has 2 aromatic rings. The number of ketones is 1. The van der Waals surface area contributed by atoms with Crippen molar-refractivity contribution in [1.82, 2.24) is 14.8 Å². The number of aromatic hydroxyl groups is 1. The van der Waals surface area contributed by atoms with Gasteiger partial charge in [-0.15, -0.1) is 4.28 Å². The van der Waals surface area contributed by atoms with Gasteiger partial charge in [0.25, 0.3) is 5.91 Å². The van der Waals surface area contributed by atoms with E-state index in [0.29, 0.717) is 9.79 Å². The lowest BCUT2D eigenvalue weighted by molar-refractivity contribution is -0.228. The van der Waals surface area contributed by atoms with Gasteiger partial charge in [0.15, 0.2) is 28.5 Å². The molecule has 15 nitrogen and oxygen atoms in total. The van der Waals surface area contributed by atoms with E-state index in [0.717, 1.165) is 23.6 Å². The lowest BCUT2D eigenvalue weighted by Gasteiger charge is -2.50. The summed E-state index contributed by atoms with van der Waals surface area (Å²) in [7, 11) is -4.98. The van der Waals surface area contributed by atoms with Gasteiger partial charge in [0.05, 0.1) is 17.7 Å². The Bertz CT molecular complexity index is 1420. The molecule has 5 N–H and O–H groups in total. The molecule has 196 valence electrons. The number of hydrogen-bond acceptors (Lipinski definition) is 13. The predicted octanol–water partition coefficient (Wildman–Crippen LogP) is 0.896. The maximum absolute atomic E-state index is 13.2. The Balaban J connectivity index is 1.90. The van der Waals surface area contributed by atoms with E-state index in [9.17, 15) is 33.1 Å². The van der Waals surface area contributed by atoms with Gasteiger partial charge in [-0.25, -0.2) is 4.98 Å². The van der Waals surface area contributed by atoms with Crippen LogP contribution in [0, 0.1) is 5.92 Å². The molecule has 0 aliphatic carbocycles. The van der Waals surface area contributed by atoms with Gasteiger partial charge in [0.1, 0.15) is 15.7 Å². The van der Waals surface area contributed by atoms with Crippen molar-refractivity contribution in [2.75, 3.05) is 5.73 Å². The summed E-state index contributed by atoms with van der Waals surface area (Å²) in [5, 5.41) is 23.6. The van der Waals surface area contributed by atoms with E-state index in [4.69, 9.17) is 26.7 Å². The zero-order chi connectivity index (χ0) is 27.2. The molecule has 1 fully saturated rings. The van der Waals surface area contributed by atoms with Crippen molar-refractivity contribution in [1.29, 1.82) is 0 Å². The first kappa shape index (κ1) is 27.3. The van der Waals surface area contributed by atoms with E-state index in [2.05, 4.69) is 14.4 Å². The highest BCUT2D eigenvalue weighted by Crippen LogP contribution is 2.41. The van der Waals surface area contributed by atoms with Crippen molar-refractivity contribution in [3.63, 3.8) is 0 Å². The average Bonchev–Trinajstić information content (AvgIpc) is 3.09. The smallest absolute Gasteiger partial charge is 0.418 e. The average molecular weight is 566 g/mol. The maximum Gasteiger partial charge on any atom is 0.418 e. The number of nitrogen functional groups attached to an aromatic ring is 1. The fourth-order valence-electron chi connectivity index (χ4n) is 3.36. The van der Waals surface area contributed by atoms with Crippen LogP contribution in [0.5, 0.6) is 5.75 Å². The summed E-state index contributed by atoms with van der Waals surface area (Å²) in [5.41, 5.74) is 2.83. The highest BCUT2D eigenvalue weighted by atomic mass is 35.5. The number of halogens is 1. The number of Topliss-reactive ketones (excluding diaryl/α,β-unsaturated/α-hetero) is 1. The van der Waals surface area contributed by atoms with E-state index in [1.807, 2.05) is 0 Å². The predicted molar refractivity (Wildman–Crippen MR) is 124 cm³/mol. The fourth-order valence-corrected chi connectivity index (χ4v) is 4.74. The van der Waals surface area contributed by atoms with Crippen LogP contribution in [0.15, 0.2) is 22.2 Å². The molecule has 2 atom stereocenters. The number of carbonyl (C=O) groups is 2. The molecule has 0 spiro atoms. The van der Waals surface area contributed by atoms with Gasteiger partial charge in [0, 0.05) is 12.5 Å². The Morgan fingerprint density at radius 1 is 1.42 bits per heavy atom. The monoisotopic (exact) mass is 565 g/mol. The molecular weight excluding hydrogens is 546 g/mol. The molecule has 2 aromatic heterocycles. The lowest BCUT2D eigenvalue weighted by Crippen LogP contribution is -2.68. The number of carbonyl (C=O) groups excluding carboxylic acids is 2. The number of nitrogens with zero attached hydrogens (tertiary/aromatic N) is 4. The number of oxime groups is 1. The van der Waals surface area contributed by atoms with Crippen LogP contribution in [-0.2, 0) is 29.1 Å². The number of β-lactam (4-membered cyclic amide) rings is 1. The molecule has 1 aliphatic heterocycles. The summed E-state index contributed by atoms with van der Waals surface area (Å²) in [6.45, 7) is 4.20. The highest BCUT2D eigenvalue weighted by molar-refractivity contribution is 7.80. The molecule has 0 saturated carbocycles. The second-order valence-electron chi connectivity index (χ2n) is 8.12. The zero-order valence-corrected chi connectivity index (χ0v) is 21.2. The molecule has 0 bridgehead atoms. The van der Waals surface area contributed by atoms with Crippen LogP contribution in [0.4, 0.5) is 5.13 Å². The second-order valence-corrected chi connectivity index (χ2v) is 10.8. The standard InChI is InChI=1S/C18H20ClN5O10S2/c1-7(9-5-10(25)12(27)6-23(9)29)33-22-13(14-15(19)35-17(20)21-14)11(26)4-8-16(28)24(18(8,2)3)34-36(30,31)32/h5-8,27,29H,4H2,1-3H3,(H2,20,21)(H,30,31,32)/b22-13+/t7?,8-/m1/s1. The summed E-state index contributed by atoms with van der Waals surface area (Å²) in [6.07, 6.45) is -0.886. The number of aromatic nitrogens is 2. The van der Waals surface area contributed by atoms with Crippen molar-refractivity contribution in [2.24, 2.45) is 11.1 Å². The second kappa shape index (κ2) is 9.66. The van der Waals surface area contributed by atoms with Crippen LogP contribution < -0.4 is 11.2 Å². The Morgan fingerprint density at radius 3 is 2.58 bits per heavy atom. The maximum atomic E-state index is 13.2. The normalized spacial score (nSPS) is 18.6. The summed E-state index contributed by atoms with van der Waals surface area (Å²) >= 11 is 6.97. The van der Waals surface area contributed by atoms with E-state index in [1.165, 1.54) is 20.8 Å². The number of amides is 1. The molecule has 3 rings (SSSR count). The Labute approximate surface area is 212 Å². The van der Waals surface area contributed by atoms with E-state index in [-0.39, 0.29) is 20.9 Å². The number of hydroxylamine groups is 2. The third-order valence-corrected chi connectivity index (χ3v) is 6.70. The van der Waals surface area contributed by atoms with E-state index < -0.39 is 63.0 Å². The molecule has 36 heavy (non-hydrogen) atoms. The fraction of sp³-hybridized carbons (Fsp3) is 0.389. The van der Waals surface area contributed by atoms with Gasteiger partial charge in [-0.2, -0.15) is 18.2 Å². The number of rotatable bonds is 9. The first-order valence-electron chi connectivity index (χ1n) is 9.88. The molecular formula is C18H20ClN5O10S2. The Hall–Kier alpha value is -3.25. The highest BCUT2D eigenvalue weighted by Gasteiger charge is 2.57. The minimum Gasteiger partial charge on any atom is -0.503 e. The molecule has 0 aromatic carbocycles. The third-order valence-electron chi connectivity index (χ3n) is 5.28. The minimum atomic E-state index is -4.98. The van der Waals surface area contributed by atoms with Gasteiger partial charge in [-0.05, 0) is 20.8 Å². The van der Waals surface area contributed by atoms with E-state index >= 15 is 0 Å². The number of nitrogens with two attached hydrogens (primary N) is 1. The number of pyridine rings is 1. The number of hydrogen-bond donors (Lipinski definition) is 4. The molecule has 1 aliphatic rings. The van der Waals surface area contributed by atoms with Crippen LogP contribution in [0.25, 0.3) is 0 Å². The topological polar surface area (TPSA) is 224 Å². The van der Waals surface area contributed by atoms with Crippen LogP contribution in [-0.4, -0.2) is 61.0 Å². The third kappa shape index (κ3) is 5.44. The SMILES string of the molecule is CC(O/N=C(\C(=O)C[C@@H]1C(=O)N(OS(=O)(=O)O)C1(C)C)c1nc(N)sc1Cl)c1cc(=O)c(O)cn1O. The quantitative estimate of drug-likeness (QED) is 0.109. The molecule has 1 amide bonds. The van der Waals surface area contributed by atoms with Crippen molar-refractivity contribution >= 4 is 55.9 Å².